The van der Waals surface area contributed by atoms with E-state index < -0.39 is 95.7 Å². The van der Waals surface area contributed by atoms with Crippen molar-refractivity contribution in [2.24, 2.45) is 21.1 Å². The van der Waals surface area contributed by atoms with Gasteiger partial charge in [0, 0.05) is 56.0 Å². The number of terminal acetylenes is 3. The Bertz CT molecular complexity index is 4040. The zero-order valence-corrected chi connectivity index (χ0v) is 51.4. The van der Waals surface area contributed by atoms with E-state index in [-0.39, 0.29) is 91.8 Å². The Morgan fingerprint density at radius 3 is 1.16 bits per heavy atom. The summed E-state index contributed by atoms with van der Waals surface area (Å²) in [4.78, 5) is 113. The summed E-state index contributed by atoms with van der Waals surface area (Å²) in [6, 6.07) is 13.5. The van der Waals surface area contributed by atoms with Crippen LogP contribution in [0, 0.1) is 130 Å². The molecule has 24 nitrogen and oxygen atoms in total. The number of Topliss-reactive ketones (excluding diaryl/α,β-unsaturated/α-hetero) is 4. The number of carbonyl (C=O) groups is 9. The third-order valence-corrected chi connectivity index (χ3v) is 14.1. The fraction of sp³-hybridized carbons (Fsp3) is 0.250. The molecule has 9 N–H and O–H groups in total. The Balaban J connectivity index is 0.000000343. The first-order valence-electron chi connectivity index (χ1n) is 26.6. The molecule has 0 radical (unpaired) electrons. The van der Waals surface area contributed by atoms with Crippen LogP contribution in [0.4, 0.5) is 24.5 Å². The quantitative estimate of drug-likeness (QED) is 0.0234. The predicted octanol–water partition coefficient (Wildman–Crippen LogP) is 4.47. The summed E-state index contributed by atoms with van der Waals surface area (Å²) in [6.45, 7) is 8.06. The van der Waals surface area contributed by atoms with E-state index in [4.69, 9.17) is 67.3 Å². The van der Waals surface area contributed by atoms with E-state index in [0.717, 1.165) is 18.2 Å². The number of aliphatic hydroxyl groups excluding tert-OH is 3. The number of aliphatic hydroxyl groups is 3. The van der Waals surface area contributed by atoms with E-state index in [1.165, 1.54) is 70.9 Å². The lowest BCUT2D eigenvalue weighted by Crippen LogP contribution is -2.40. The van der Waals surface area contributed by atoms with Crippen LogP contribution < -0.4 is 26.1 Å². The minimum atomic E-state index is -1.59. The van der Waals surface area contributed by atoms with Crippen molar-refractivity contribution < 1.29 is 76.7 Å². The van der Waals surface area contributed by atoms with Gasteiger partial charge >= 0.3 is 5.97 Å². The first-order chi connectivity index (χ1) is 43.3. The standard InChI is InChI=1S/2C21H19FN4O4.C18H15FN2O4.C4H6ClNO/c2*1-5-14(10-27)24-21(30)19(28)17-11(2)18(26(4)12(17)3)20(29)25-15-6-7-16(22)13(8-15)9-23;1-9-15(17(23)18(24)25)10(2)21(3)16(9)14(22)7-11-4-5-13(19)12(6-11)8-20;1-2-4(3-7)6-5/h2*1,6-8,14,27H,10H2,2-4H3,(H,24,30)(H,25,29);4-6H,7H2,1-3H3,(H,24,25);1,4,6-7H,3H2/t2*14-;;/m10../s1. The molecule has 0 spiro atoms. The van der Waals surface area contributed by atoms with Crippen molar-refractivity contribution in [3.63, 3.8) is 0 Å². The van der Waals surface area contributed by atoms with Crippen molar-refractivity contribution in [3.8, 4) is 55.2 Å². The molecular formula is C64H59ClF3N11O13. The van der Waals surface area contributed by atoms with Crippen molar-refractivity contribution in [1.82, 2.24) is 29.2 Å². The molecule has 0 saturated heterocycles. The lowest BCUT2D eigenvalue weighted by Gasteiger charge is -2.09. The average molecular weight is 1280 g/mol. The first kappa shape index (κ1) is 74.9. The monoisotopic (exact) mass is 1280 g/mol. The minimum Gasteiger partial charge on any atom is -0.475 e. The van der Waals surface area contributed by atoms with E-state index in [2.05, 4.69) is 43.9 Å². The normalized spacial score (nSPS) is 11.1. The van der Waals surface area contributed by atoms with Crippen molar-refractivity contribution >= 4 is 75.9 Å². The van der Waals surface area contributed by atoms with Crippen LogP contribution in [0.5, 0.6) is 0 Å². The number of benzene rings is 3. The number of nitrogens with one attached hydrogen (secondary N) is 5. The zero-order chi connectivity index (χ0) is 69.8. The molecule has 3 heterocycles. The fourth-order valence-electron chi connectivity index (χ4n) is 8.95. The summed E-state index contributed by atoms with van der Waals surface area (Å²) < 4.78 is 44.7. The van der Waals surface area contributed by atoms with Crippen LogP contribution in [0.15, 0.2) is 54.6 Å². The number of anilines is 2. The van der Waals surface area contributed by atoms with E-state index in [9.17, 15) is 56.3 Å². The maximum Gasteiger partial charge on any atom is 0.377 e. The zero-order valence-electron chi connectivity index (χ0n) is 50.6. The van der Waals surface area contributed by atoms with Crippen molar-refractivity contribution in [3.05, 3.63) is 162 Å². The number of nitriles is 3. The van der Waals surface area contributed by atoms with Gasteiger partial charge in [-0.25, -0.2) is 22.8 Å². The molecule has 1 unspecified atom stereocenters. The number of rotatable bonds is 19. The van der Waals surface area contributed by atoms with Crippen LogP contribution in [0.2, 0.25) is 0 Å². The lowest BCUT2D eigenvalue weighted by molar-refractivity contribution is -0.131. The van der Waals surface area contributed by atoms with Crippen LogP contribution >= 0.6 is 11.8 Å². The molecule has 3 aromatic carbocycles. The van der Waals surface area contributed by atoms with Crippen LogP contribution in [-0.4, -0.2) is 125 Å². The Morgan fingerprint density at radius 1 is 0.522 bits per heavy atom. The van der Waals surface area contributed by atoms with Gasteiger partial charge in [-0.1, -0.05) is 23.8 Å². The van der Waals surface area contributed by atoms with Crippen LogP contribution in [-0.2, 0) is 41.9 Å². The fourth-order valence-corrected chi connectivity index (χ4v) is 9.08. The Kier molecular flexibility index (Phi) is 27.5. The maximum absolute atomic E-state index is 13.5. The number of nitrogens with zero attached hydrogens (tertiary/aromatic N) is 6. The molecule has 0 saturated carbocycles. The van der Waals surface area contributed by atoms with Crippen LogP contribution in [0.25, 0.3) is 0 Å². The Labute approximate surface area is 530 Å². The average Bonchev–Trinajstić information content (AvgIpc) is 1.74. The number of aliphatic carboxylic acids is 1. The van der Waals surface area contributed by atoms with Crippen molar-refractivity contribution in [1.29, 1.82) is 15.8 Å². The third kappa shape index (κ3) is 17.7. The molecule has 0 fully saturated rings. The summed E-state index contributed by atoms with van der Waals surface area (Å²) in [5, 5.41) is 71.6. The number of carboxylic acid groups (broad SMARTS) is 1. The third-order valence-electron chi connectivity index (χ3n) is 13.9. The highest BCUT2D eigenvalue weighted by Crippen LogP contribution is 2.27. The molecule has 6 rings (SSSR count). The highest BCUT2D eigenvalue weighted by molar-refractivity contribution is 6.44. The van der Waals surface area contributed by atoms with Crippen molar-refractivity contribution in [2.75, 3.05) is 30.5 Å². The minimum absolute atomic E-state index is 0.00447. The molecule has 0 aliphatic heterocycles. The maximum atomic E-state index is 13.5. The number of hydrogen-bond acceptors (Lipinski definition) is 16. The smallest absolute Gasteiger partial charge is 0.377 e. The number of ketones is 4. The van der Waals surface area contributed by atoms with Gasteiger partial charge in [-0.2, -0.15) is 15.8 Å². The number of hydrogen-bond donors (Lipinski definition) is 9. The highest BCUT2D eigenvalue weighted by Gasteiger charge is 2.32. The molecule has 28 heteroatoms. The van der Waals surface area contributed by atoms with Gasteiger partial charge in [0.15, 0.2) is 5.78 Å². The molecule has 3 aromatic heterocycles. The van der Waals surface area contributed by atoms with Gasteiger partial charge in [-0.05, 0) is 124 Å². The number of carbonyl (C=O) groups excluding carboxylic acids is 8. The van der Waals surface area contributed by atoms with Gasteiger partial charge in [-0.15, -0.1) is 19.3 Å². The van der Waals surface area contributed by atoms with E-state index in [0.29, 0.717) is 28.2 Å². The number of aromatic nitrogens is 3. The van der Waals surface area contributed by atoms with Gasteiger partial charge in [0.1, 0.15) is 65.2 Å². The molecule has 3 atom stereocenters. The molecule has 6 aromatic rings. The molecule has 0 aliphatic carbocycles. The SMILES string of the molecule is C#CC(CO)NCl.C#C[C@@H](CO)NC(=O)C(=O)c1c(C)c(C(=O)Nc2ccc(F)c(C#N)c2)n(C)c1C.C#C[C@H](CO)NC(=O)C(=O)c1c(C)c(C(=O)Nc2ccc(F)c(C#N)c2)n(C)c1C.Cc1c(C(=O)C(=O)O)c(C)n(C)c1C(=O)Cc1ccc(F)c(C#N)c1. The molecule has 0 bridgehead atoms. The first-order valence-corrected chi connectivity index (χ1v) is 27.0. The number of carboxylic acids is 1. The molecular weight excluding hydrogens is 1220 g/mol. The molecule has 0 aliphatic rings. The van der Waals surface area contributed by atoms with Crippen LogP contribution in [0.1, 0.15) is 119 Å². The summed E-state index contributed by atoms with van der Waals surface area (Å²) in [7, 11) is 4.67. The Morgan fingerprint density at radius 2 is 0.848 bits per heavy atom. The molecule has 92 heavy (non-hydrogen) atoms. The second-order valence-electron chi connectivity index (χ2n) is 19.6. The highest BCUT2D eigenvalue weighted by atomic mass is 35.5. The van der Waals surface area contributed by atoms with Gasteiger partial charge in [0.25, 0.3) is 41.0 Å². The van der Waals surface area contributed by atoms with Gasteiger partial charge in [0.05, 0.1) is 58.9 Å². The second-order valence-corrected chi connectivity index (χ2v) is 19.8. The largest absolute Gasteiger partial charge is 0.475 e. The summed E-state index contributed by atoms with van der Waals surface area (Å²) in [5.74, 6) is -3.65. The van der Waals surface area contributed by atoms with Gasteiger partial charge < -0.3 is 55.4 Å². The number of amides is 4. The molecule has 4 amide bonds. The van der Waals surface area contributed by atoms with E-state index in [1.807, 2.05) is 0 Å². The topological polar surface area (TPSA) is 381 Å². The van der Waals surface area contributed by atoms with E-state index in [1.54, 1.807) is 60.1 Å². The molecule has 476 valence electrons. The summed E-state index contributed by atoms with van der Waals surface area (Å²) >= 11 is 5.02. The predicted molar refractivity (Wildman–Crippen MR) is 327 cm³/mol. The number of halogens is 4. The Hall–Kier alpha value is -11.4. The van der Waals surface area contributed by atoms with Gasteiger partial charge in [-0.3, -0.25) is 38.4 Å². The summed E-state index contributed by atoms with van der Waals surface area (Å²) in [6.07, 6.45) is 15.1. The van der Waals surface area contributed by atoms with E-state index >= 15 is 0 Å². The van der Waals surface area contributed by atoms with Gasteiger partial charge in [0.2, 0.25) is 0 Å². The van der Waals surface area contributed by atoms with Crippen LogP contribution in [0.3, 0.4) is 0 Å². The van der Waals surface area contributed by atoms with Crippen molar-refractivity contribution in [2.45, 2.75) is 66.1 Å². The second kappa shape index (κ2) is 33.8. The summed E-state index contributed by atoms with van der Waals surface area (Å²) in [5.41, 5.74) is 2.66. The lowest BCUT2D eigenvalue weighted by atomic mass is 10.0.